The van der Waals surface area contributed by atoms with E-state index in [4.69, 9.17) is 17.3 Å². The van der Waals surface area contributed by atoms with Gasteiger partial charge in [0.2, 0.25) is 5.91 Å². The number of fused-ring (bicyclic) bond motifs is 1. The molecule has 3 nitrogen and oxygen atoms in total. The van der Waals surface area contributed by atoms with Gasteiger partial charge in [0.25, 0.3) is 0 Å². The summed E-state index contributed by atoms with van der Waals surface area (Å²) in [5.74, 6) is 0.0166. The van der Waals surface area contributed by atoms with Gasteiger partial charge in [-0.2, -0.15) is 0 Å². The Balaban J connectivity index is 2.60. The molecule has 0 bridgehead atoms. The van der Waals surface area contributed by atoms with E-state index in [0.29, 0.717) is 5.02 Å². The van der Waals surface area contributed by atoms with Crippen LogP contribution in [0.1, 0.15) is 56.3 Å². The lowest BCUT2D eigenvalue weighted by molar-refractivity contribution is -0.119. The molecule has 1 aliphatic heterocycles. The van der Waals surface area contributed by atoms with E-state index in [1.807, 2.05) is 26.8 Å². The number of hydrogen-bond donors (Lipinski definition) is 2. The molecular weight excluding hydrogens is 260 g/mol. The fraction of sp³-hybridized carbons (Fsp3) is 0.533. The first kappa shape index (κ1) is 14.4. The zero-order valence-corrected chi connectivity index (χ0v) is 12.7. The van der Waals surface area contributed by atoms with Crippen molar-refractivity contribution in [1.82, 2.24) is 0 Å². The van der Waals surface area contributed by atoms with Gasteiger partial charge in [0, 0.05) is 11.7 Å². The quantitative estimate of drug-likeness (QED) is 0.887. The number of halogens is 1. The molecule has 1 aromatic rings. The smallest absolute Gasteiger partial charge is 0.234 e. The number of benzene rings is 1. The third kappa shape index (κ3) is 2.15. The van der Waals surface area contributed by atoms with Crippen LogP contribution < -0.4 is 11.1 Å². The molecular formula is C15H21ClN2O. The number of rotatable bonds is 3. The van der Waals surface area contributed by atoms with Gasteiger partial charge in [-0.05, 0) is 49.9 Å². The highest BCUT2D eigenvalue weighted by atomic mass is 35.5. The summed E-state index contributed by atoms with van der Waals surface area (Å²) in [6, 6.07) is 1.93. The number of hydrogen-bond acceptors (Lipinski definition) is 2. The van der Waals surface area contributed by atoms with Gasteiger partial charge < -0.3 is 11.1 Å². The Morgan fingerprint density at radius 3 is 2.68 bits per heavy atom. The van der Waals surface area contributed by atoms with E-state index in [0.717, 1.165) is 35.2 Å². The molecule has 1 atom stereocenters. The first-order chi connectivity index (χ1) is 8.80. The van der Waals surface area contributed by atoms with Crippen LogP contribution in [0.4, 0.5) is 5.69 Å². The largest absolute Gasteiger partial charge is 0.325 e. The van der Waals surface area contributed by atoms with E-state index in [9.17, 15) is 4.79 Å². The molecule has 0 aliphatic carbocycles. The van der Waals surface area contributed by atoms with Crippen LogP contribution in [0.15, 0.2) is 6.07 Å². The van der Waals surface area contributed by atoms with Crippen molar-refractivity contribution in [3.8, 4) is 0 Å². The third-order valence-corrected chi connectivity index (χ3v) is 4.51. The van der Waals surface area contributed by atoms with Gasteiger partial charge in [-0.1, -0.05) is 24.9 Å². The number of anilines is 1. The standard InChI is InChI=1S/C15H21ClN2O/c1-5-6-11(17)9-7-10-13(8(2)12(9)16)18-14(19)15(10,3)4/h7,11H,5-6,17H2,1-4H3,(H,18,19). The van der Waals surface area contributed by atoms with Crippen molar-refractivity contribution in [3.63, 3.8) is 0 Å². The van der Waals surface area contributed by atoms with Crippen LogP contribution in [0, 0.1) is 6.92 Å². The number of carbonyl (C=O) groups is 1. The molecule has 0 saturated carbocycles. The summed E-state index contributed by atoms with van der Waals surface area (Å²) in [6.45, 7) is 7.89. The Morgan fingerprint density at radius 1 is 1.47 bits per heavy atom. The zero-order valence-electron chi connectivity index (χ0n) is 11.9. The van der Waals surface area contributed by atoms with Gasteiger partial charge in [-0.25, -0.2) is 0 Å². The third-order valence-electron chi connectivity index (χ3n) is 4.01. The van der Waals surface area contributed by atoms with Gasteiger partial charge in [0.1, 0.15) is 0 Å². The fourth-order valence-electron chi connectivity index (χ4n) is 2.60. The Labute approximate surface area is 119 Å². The van der Waals surface area contributed by atoms with Crippen LogP contribution in [-0.2, 0) is 10.2 Å². The van der Waals surface area contributed by atoms with Crippen LogP contribution in [0.3, 0.4) is 0 Å². The lowest BCUT2D eigenvalue weighted by Crippen LogP contribution is -2.27. The minimum Gasteiger partial charge on any atom is -0.325 e. The minimum absolute atomic E-state index is 0.0166. The summed E-state index contributed by atoms with van der Waals surface area (Å²) in [4.78, 5) is 12.0. The van der Waals surface area contributed by atoms with E-state index >= 15 is 0 Å². The molecule has 1 unspecified atom stereocenters. The molecule has 3 N–H and O–H groups in total. The Morgan fingerprint density at radius 2 is 2.11 bits per heavy atom. The van der Waals surface area contributed by atoms with Crippen molar-refractivity contribution < 1.29 is 4.79 Å². The second kappa shape index (κ2) is 4.80. The maximum atomic E-state index is 12.0. The summed E-state index contributed by atoms with van der Waals surface area (Å²) in [5.41, 5.74) is 9.40. The zero-order chi connectivity index (χ0) is 14.4. The molecule has 19 heavy (non-hydrogen) atoms. The van der Waals surface area contributed by atoms with Crippen molar-refractivity contribution >= 4 is 23.2 Å². The van der Waals surface area contributed by atoms with Crippen LogP contribution in [-0.4, -0.2) is 5.91 Å². The van der Waals surface area contributed by atoms with Crippen LogP contribution in [0.2, 0.25) is 5.02 Å². The Hall–Kier alpha value is -1.06. The molecule has 0 fully saturated rings. The second-order valence-corrected chi connectivity index (χ2v) is 6.18. The molecule has 0 spiro atoms. The summed E-state index contributed by atoms with van der Waals surface area (Å²) in [5, 5.41) is 3.61. The normalized spacial score (nSPS) is 18.1. The Bertz CT molecular complexity index is 537. The molecule has 1 amide bonds. The van der Waals surface area contributed by atoms with Crippen molar-refractivity contribution in [1.29, 1.82) is 0 Å². The first-order valence-corrected chi connectivity index (χ1v) is 7.09. The van der Waals surface area contributed by atoms with E-state index in [-0.39, 0.29) is 11.9 Å². The highest BCUT2D eigenvalue weighted by Gasteiger charge is 2.40. The van der Waals surface area contributed by atoms with Crippen molar-refractivity contribution in [2.24, 2.45) is 5.73 Å². The molecule has 4 heteroatoms. The van der Waals surface area contributed by atoms with Crippen LogP contribution >= 0.6 is 11.6 Å². The molecule has 0 saturated heterocycles. The van der Waals surface area contributed by atoms with E-state index in [1.165, 1.54) is 0 Å². The van der Waals surface area contributed by atoms with E-state index < -0.39 is 5.41 Å². The second-order valence-electron chi connectivity index (χ2n) is 5.80. The lowest BCUT2D eigenvalue weighted by Gasteiger charge is -2.20. The minimum atomic E-state index is -0.522. The summed E-state index contributed by atoms with van der Waals surface area (Å²) < 4.78 is 0. The summed E-state index contributed by atoms with van der Waals surface area (Å²) >= 11 is 6.42. The fourth-order valence-corrected chi connectivity index (χ4v) is 2.89. The van der Waals surface area contributed by atoms with Crippen molar-refractivity contribution in [3.05, 3.63) is 27.8 Å². The number of nitrogens with two attached hydrogens (primary N) is 1. The predicted molar refractivity (Wildman–Crippen MR) is 79.7 cm³/mol. The van der Waals surface area contributed by atoms with Crippen LogP contribution in [0.5, 0.6) is 0 Å². The predicted octanol–water partition coefficient (Wildman–Crippen LogP) is 3.68. The van der Waals surface area contributed by atoms with Crippen molar-refractivity contribution in [2.45, 2.75) is 52.0 Å². The van der Waals surface area contributed by atoms with E-state index in [1.54, 1.807) is 0 Å². The molecule has 104 valence electrons. The Kier molecular flexibility index (Phi) is 3.63. The van der Waals surface area contributed by atoms with Crippen molar-refractivity contribution in [2.75, 3.05) is 5.32 Å². The van der Waals surface area contributed by atoms with Gasteiger partial charge in [-0.3, -0.25) is 4.79 Å². The number of amides is 1. The van der Waals surface area contributed by atoms with Gasteiger partial charge in [0.15, 0.2) is 0 Å². The monoisotopic (exact) mass is 280 g/mol. The van der Waals surface area contributed by atoms with Gasteiger partial charge in [0.05, 0.1) is 10.4 Å². The highest BCUT2D eigenvalue weighted by molar-refractivity contribution is 6.33. The number of nitrogens with one attached hydrogen (secondary N) is 1. The van der Waals surface area contributed by atoms with E-state index in [2.05, 4.69) is 12.2 Å². The summed E-state index contributed by atoms with van der Waals surface area (Å²) in [7, 11) is 0. The van der Waals surface area contributed by atoms with Gasteiger partial charge in [-0.15, -0.1) is 0 Å². The highest BCUT2D eigenvalue weighted by Crippen LogP contribution is 2.44. The first-order valence-electron chi connectivity index (χ1n) is 6.71. The summed E-state index contributed by atoms with van der Waals surface area (Å²) in [6.07, 6.45) is 1.90. The number of carbonyl (C=O) groups excluding carboxylic acids is 1. The maximum absolute atomic E-state index is 12.0. The molecule has 0 aromatic heterocycles. The molecule has 2 rings (SSSR count). The molecule has 1 aromatic carbocycles. The molecule has 1 aliphatic rings. The average Bonchev–Trinajstić information content (AvgIpc) is 2.56. The topological polar surface area (TPSA) is 55.1 Å². The average molecular weight is 281 g/mol. The molecule has 0 radical (unpaired) electrons. The molecule has 1 heterocycles. The lowest BCUT2D eigenvalue weighted by atomic mass is 9.83. The van der Waals surface area contributed by atoms with Crippen LogP contribution in [0.25, 0.3) is 0 Å². The SMILES string of the molecule is CCCC(N)c1cc2c(c(C)c1Cl)NC(=O)C2(C)C. The maximum Gasteiger partial charge on any atom is 0.234 e. The van der Waals surface area contributed by atoms with Gasteiger partial charge >= 0.3 is 0 Å².